The van der Waals surface area contributed by atoms with Crippen LogP contribution in [0.15, 0.2) is 89.2 Å². The van der Waals surface area contributed by atoms with Crippen LogP contribution in [-0.2, 0) is 13.0 Å². The summed E-state index contributed by atoms with van der Waals surface area (Å²) in [5.74, 6) is -0.156. The van der Waals surface area contributed by atoms with Crippen LogP contribution in [0.5, 0.6) is 0 Å². The topological polar surface area (TPSA) is 76.4 Å². The maximum atomic E-state index is 13.1. The van der Waals surface area contributed by atoms with Crippen LogP contribution in [0.1, 0.15) is 18.4 Å². The van der Waals surface area contributed by atoms with E-state index >= 15 is 0 Å². The summed E-state index contributed by atoms with van der Waals surface area (Å²) in [6, 6.07) is 0. The minimum atomic E-state index is -1.21. The lowest BCUT2D eigenvalue weighted by Crippen LogP contribution is -2.15. The second-order valence-corrected chi connectivity index (χ2v) is 6.33. The zero-order valence-electron chi connectivity index (χ0n) is 15.0. The molecule has 6 heteroatoms. The molecular weight excluding hydrogens is 343 g/mol. The molecule has 1 aromatic heterocycles. The van der Waals surface area contributed by atoms with E-state index in [9.17, 15) is 9.50 Å². The van der Waals surface area contributed by atoms with E-state index in [0.717, 1.165) is 24.9 Å². The van der Waals surface area contributed by atoms with Crippen molar-refractivity contribution < 1.29 is 9.50 Å². The fourth-order valence-electron chi connectivity index (χ4n) is 2.75. The molecule has 0 aromatic carbocycles. The van der Waals surface area contributed by atoms with Crippen molar-refractivity contribution in [2.75, 3.05) is 0 Å². The fraction of sp³-hybridized carbons (Fsp3) is 0.238. The number of aromatic nitrogens is 2. The van der Waals surface area contributed by atoms with Crippen molar-refractivity contribution in [3.63, 3.8) is 0 Å². The van der Waals surface area contributed by atoms with Gasteiger partial charge in [0.1, 0.15) is 6.17 Å². The van der Waals surface area contributed by atoms with Gasteiger partial charge in [-0.1, -0.05) is 30.4 Å². The number of hydrogen-bond donors (Lipinski definition) is 2. The molecule has 3 rings (SSSR count). The molecule has 0 radical (unpaired) electrons. The Kier molecular flexibility index (Phi) is 6.20. The van der Waals surface area contributed by atoms with E-state index in [1.807, 2.05) is 10.9 Å². The first-order chi connectivity index (χ1) is 13.1. The predicted octanol–water partition coefficient (Wildman–Crippen LogP) is 3.85. The molecule has 0 unspecified atom stereocenters. The predicted molar refractivity (Wildman–Crippen MR) is 106 cm³/mol. The average molecular weight is 366 g/mol. The molecule has 27 heavy (non-hydrogen) atoms. The van der Waals surface area contributed by atoms with Crippen molar-refractivity contribution in [3.05, 3.63) is 89.8 Å². The highest BCUT2D eigenvalue weighted by Gasteiger charge is 2.10. The standard InChI is InChI=1S/C21H23FN4O/c22-18-9-10-20(19(23)13-18)25-21(27)11-8-17-14-24-26(15-17)12-4-7-16-5-2-1-3-6-16/h2-3,5-7,9-11,13-15,18,27H,1,4,8,12,23H2/b21-11+,25-20?/t18-/m0/s1. The normalized spacial score (nSPS) is 21.0. The Bertz CT molecular complexity index is 870. The second kappa shape index (κ2) is 8.98. The Hall–Kier alpha value is -3.15. The van der Waals surface area contributed by atoms with Crippen LogP contribution in [0.4, 0.5) is 4.39 Å². The zero-order chi connectivity index (χ0) is 19.1. The van der Waals surface area contributed by atoms with Gasteiger partial charge in [-0.3, -0.25) is 4.68 Å². The Labute approximate surface area is 158 Å². The molecule has 2 aliphatic rings. The van der Waals surface area contributed by atoms with Crippen molar-refractivity contribution in [1.29, 1.82) is 0 Å². The number of hydrogen-bond acceptors (Lipinski definition) is 4. The summed E-state index contributed by atoms with van der Waals surface area (Å²) in [5, 5.41) is 14.3. The Balaban J connectivity index is 1.53. The van der Waals surface area contributed by atoms with Gasteiger partial charge in [0.05, 0.1) is 17.6 Å². The minimum absolute atomic E-state index is 0.156. The van der Waals surface area contributed by atoms with Gasteiger partial charge >= 0.3 is 0 Å². The highest BCUT2D eigenvalue weighted by atomic mass is 19.1. The van der Waals surface area contributed by atoms with Crippen LogP contribution in [0.2, 0.25) is 0 Å². The monoisotopic (exact) mass is 366 g/mol. The molecule has 5 nitrogen and oxygen atoms in total. The van der Waals surface area contributed by atoms with Gasteiger partial charge in [-0.2, -0.15) is 5.10 Å². The van der Waals surface area contributed by atoms with Crippen molar-refractivity contribution in [2.45, 2.75) is 32.0 Å². The van der Waals surface area contributed by atoms with Gasteiger partial charge in [0.25, 0.3) is 0 Å². The summed E-state index contributed by atoms with van der Waals surface area (Å²) in [6.07, 6.45) is 21.3. The van der Waals surface area contributed by atoms with Crippen LogP contribution in [0, 0.1) is 0 Å². The van der Waals surface area contributed by atoms with E-state index in [1.54, 1.807) is 12.3 Å². The first kappa shape index (κ1) is 18.6. The van der Waals surface area contributed by atoms with E-state index in [4.69, 9.17) is 5.73 Å². The Morgan fingerprint density at radius 2 is 2.19 bits per heavy atom. The van der Waals surface area contributed by atoms with Crippen LogP contribution < -0.4 is 5.73 Å². The first-order valence-electron chi connectivity index (χ1n) is 8.92. The van der Waals surface area contributed by atoms with Crippen LogP contribution in [0.25, 0.3) is 0 Å². The lowest BCUT2D eigenvalue weighted by molar-refractivity contribution is 0.404. The summed E-state index contributed by atoms with van der Waals surface area (Å²) < 4.78 is 15.0. The van der Waals surface area contributed by atoms with Gasteiger partial charge in [-0.25, -0.2) is 9.38 Å². The number of alkyl halides is 1. The van der Waals surface area contributed by atoms with Gasteiger partial charge in [0, 0.05) is 12.7 Å². The molecule has 140 valence electrons. The number of aliphatic hydroxyl groups is 1. The van der Waals surface area contributed by atoms with Crippen LogP contribution in [-0.4, -0.2) is 26.8 Å². The van der Waals surface area contributed by atoms with Crippen LogP contribution >= 0.6 is 0 Å². The first-order valence-corrected chi connectivity index (χ1v) is 8.92. The average Bonchev–Trinajstić information content (AvgIpc) is 3.11. The number of aliphatic imine (C=N–C) groups is 1. The van der Waals surface area contributed by atoms with Crippen molar-refractivity contribution in [2.24, 2.45) is 10.7 Å². The molecule has 2 aliphatic carbocycles. The van der Waals surface area contributed by atoms with E-state index < -0.39 is 6.17 Å². The molecule has 1 aromatic rings. The molecule has 3 N–H and O–H groups in total. The number of aryl methyl sites for hydroxylation is 1. The zero-order valence-corrected chi connectivity index (χ0v) is 15.0. The van der Waals surface area contributed by atoms with Crippen molar-refractivity contribution in [3.8, 4) is 0 Å². The van der Waals surface area contributed by atoms with Crippen molar-refractivity contribution >= 4 is 5.71 Å². The maximum Gasteiger partial charge on any atom is 0.207 e. The molecular formula is C21H23FN4O. The molecule has 0 fully saturated rings. The lowest BCUT2D eigenvalue weighted by Gasteiger charge is -2.08. The second-order valence-electron chi connectivity index (χ2n) is 6.33. The molecule has 0 amide bonds. The number of rotatable bonds is 6. The largest absolute Gasteiger partial charge is 0.493 e. The number of aliphatic hydroxyl groups excluding tert-OH is 1. The van der Waals surface area contributed by atoms with Gasteiger partial charge in [0.15, 0.2) is 0 Å². The van der Waals surface area contributed by atoms with Gasteiger partial charge in [0.2, 0.25) is 5.88 Å². The smallest absolute Gasteiger partial charge is 0.207 e. The molecule has 0 aliphatic heterocycles. The van der Waals surface area contributed by atoms with Crippen LogP contribution in [0.3, 0.4) is 0 Å². The Morgan fingerprint density at radius 3 is 2.96 bits per heavy atom. The highest BCUT2D eigenvalue weighted by molar-refractivity contribution is 6.09. The van der Waals surface area contributed by atoms with E-state index in [1.165, 1.54) is 23.8 Å². The van der Waals surface area contributed by atoms with E-state index in [2.05, 4.69) is 40.5 Å². The van der Waals surface area contributed by atoms with E-state index in [0.29, 0.717) is 12.1 Å². The highest BCUT2D eigenvalue weighted by Crippen LogP contribution is 2.11. The van der Waals surface area contributed by atoms with E-state index in [-0.39, 0.29) is 11.6 Å². The number of halogens is 1. The molecule has 0 saturated carbocycles. The number of nitrogens with two attached hydrogens (primary N) is 1. The maximum absolute atomic E-state index is 13.1. The molecule has 0 spiro atoms. The summed E-state index contributed by atoms with van der Waals surface area (Å²) in [7, 11) is 0. The van der Waals surface area contributed by atoms with Crippen molar-refractivity contribution in [1.82, 2.24) is 9.78 Å². The summed E-state index contributed by atoms with van der Waals surface area (Å²) in [5.41, 5.74) is 8.47. The fourth-order valence-corrected chi connectivity index (χ4v) is 2.75. The van der Waals surface area contributed by atoms with Gasteiger partial charge in [-0.15, -0.1) is 0 Å². The number of nitrogens with zero attached hydrogens (tertiary/aromatic N) is 3. The molecule has 0 bridgehead atoms. The lowest BCUT2D eigenvalue weighted by atomic mass is 10.1. The molecule has 1 heterocycles. The summed E-state index contributed by atoms with van der Waals surface area (Å²) >= 11 is 0. The SMILES string of the molecule is NC1=C[C@@H](F)C=CC1=N/C(O)=C\Cc1cnn(CCC=C2C=CCC=C2)c1. The summed E-state index contributed by atoms with van der Waals surface area (Å²) in [4.78, 5) is 4.01. The Morgan fingerprint density at radius 1 is 1.37 bits per heavy atom. The quantitative estimate of drug-likeness (QED) is 0.751. The summed E-state index contributed by atoms with van der Waals surface area (Å²) in [6.45, 7) is 0.791. The molecule has 0 saturated heterocycles. The third-order valence-electron chi connectivity index (χ3n) is 4.15. The van der Waals surface area contributed by atoms with Gasteiger partial charge < -0.3 is 10.8 Å². The third-order valence-corrected chi connectivity index (χ3v) is 4.15. The third kappa shape index (κ3) is 5.67. The number of allylic oxidation sites excluding steroid dienone is 10. The van der Waals surface area contributed by atoms with Gasteiger partial charge in [-0.05, 0) is 54.7 Å². The minimum Gasteiger partial charge on any atom is -0.493 e. The molecule has 1 atom stereocenters.